The number of nitrogens with zero attached hydrogens (tertiary/aromatic N) is 2. The molecular weight excluding hydrogens is 324 g/mol. The van der Waals surface area contributed by atoms with Gasteiger partial charge in [0, 0.05) is 10.5 Å². The summed E-state index contributed by atoms with van der Waals surface area (Å²) >= 11 is 1.81. The van der Waals surface area contributed by atoms with Crippen molar-refractivity contribution in [2.75, 3.05) is 6.26 Å². The molecule has 0 aliphatic rings. The minimum Gasteiger partial charge on any atom is -0.291 e. The van der Waals surface area contributed by atoms with E-state index < -0.39 is 0 Å². The van der Waals surface area contributed by atoms with Gasteiger partial charge in [-0.05, 0) is 36.4 Å². The van der Waals surface area contributed by atoms with Crippen molar-refractivity contribution < 1.29 is 0 Å². The molecule has 3 aromatic carbocycles. The number of benzene rings is 3. The molecule has 2 nitrogen and oxygen atoms in total. The van der Waals surface area contributed by atoms with Crippen LogP contribution in [0.2, 0.25) is 0 Å². The molecule has 124 valence electrons. The molecule has 0 fully saturated rings. The zero-order valence-corrected chi connectivity index (χ0v) is 15.3. The molecule has 1 aromatic heterocycles. The Hall–Kier alpha value is -2.52. The Labute approximate surface area is 152 Å². The minimum absolute atomic E-state index is 0.991. The monoisotopic (exact) mass is 344 g/mol. The van der Waals surface area contributed by atoms with Gasteiger partial charge in [-0.3, -0.25) is 4.57 Å². The highest BCUT2D eigenvalue weighted by Crippen LogP contribution is 2.34. The van der Waals surface area contributed by atoms with E-state index in [1.54, 1.807) is 0 Å². The van der Waals surface area contributed by atoms with Crippen molar-refractivity contribution in [1.82, 2.24) is 9.55 Å². The average molecular weight is 344 g/mol. The summed E-state index contributed by atoms with van der Waals surface area (Å²) < 4.78 is 2.30. The van der Waals surface area contributed by atoms with Crippen LogP contribution in [-0.2, 0) is 6.42 Å². The molecule has 1 heterocycles. The number of aromatic nitrogens is 2. The summed E-state index contributed by atoms with van der Waals surface area (Å²) in [5.74, 6) is 0.991. The molecule has 4 rings (SSSR count). The third-order valence-corrected chi connectivity index (χ3v) is 5.37. The highest BCUT2D eigenvalue weighted by atomic mass is 32.2. The number of para-hydroxylation sites is 2. The number of hydrogen-bond donors (Lipinski definition) is 0. The Morgan fingerprint density at radius 2 is 1.64 bits per heavy atom. The van der Waals surface area contributed by atoms with E-state index in [2.05, 4.69) is 78.4 Å². The van der Waals surface area contributed by atoms with Crippen LogP contribution in [0.5, 0.6) is 0 Å². The fraction of sp³-hybridized carbons (Fsp3) is 0.136. The Balaban J connectivity index is 2.08. The standard InChI is InChI=1S/C22H20N2S/c1-3-16-12-9-15-20(21(16)25-2)24-19-14-8-7-13-18(19)23-22(24)17-10-5-4-6-11-17/h4-15H,3H2,1-2H3. The van der Waals surface area contributed by atoms with Crippen LogP contribution in [0.1, 0.15) is 12.5 Å². The Bertz CT molecular complexity index is 1020. The molecule has 3 heteroatoms. The van der Waals surface area contributed by atoms with E-state index in [1.165, 1.54) is 16.1 Å². The summed E-state index contributed by atoms with van der Waals surface area (Å²) in [4.78, 5) is 6.27. The molecule has 0 unspecified atom stereocenters. The Kier molecular flexibility index (Phi) is 4.33. The van der Waals surface area contributed by atoms with Gasteiger partial charge in [-0.25, -0.2) is 4.98 Å². The van der Waals surface area contributed by atoms with Crippen LogP contribution in [0, 0.1) is 0 Å². The molecule has 0 radical (unpaired) electrons. The van der Waals surface area contributed by atoms with Gasteiger partial charge >= 0.3 is 0 Å². The van der Waals surface area contributed by atoms with Crippen molar-refractivity contribution in [3.63, 3.8) is 0 Å². The van der Waals surface area contributed by atoms with Crippen LogP contribution in [0.3, 0.4) is 0 Å². The topological polar surface area (TPSA) is 17.8 Å². The maximum Gasteiger partial charge on any atom is 0.145 e. The quantitative estimate of drug-likeness (QED) is 0.424. The summed E-state index contributed by atoms with van der Waals surface area (Å²) in [5.41, 5.74) is 5.88. The predicted molar refractivity (Wildman–Crippen MR) is 108 cm³/mol. The lowest BCUT2D eigenvalue weighted by Crippen LogP contribution is -2.01. The zero-order chi connectivity index (χ0) is 17.2. The van der Waals surface area contributed by atoms with Crippen molar-refractivity contribution >= 4 is 22.8 Å². The lowest BCUT2D eigenvalue weighted by atomic mass is 10.1. The van der Waals surface area contributed by atoms with E-state index in [0.717, 1.165) is 28.8 Å². The van der Waals surface area contributed by atoms with Gasteiger partial charge in [0.2, 0.25) is 0 Å². The van der Waals surface area contributed by atoms with Gasteiger partial charge in [-0.1, -0.05) is 61.5 Å². The van der Waals surface area contributed by atoms with Crippen LogP contribution in [0.25, 0.3) is 28.1 Å². The molecule has 0 aliphatic carbocycles. The Morgan fingerprint density at radius 3 is 2.40 bits per heavy atom. The second kappa shape index (κ2) is 6.77. The normalized spacial score (nSPS) is 11.1. The molecule has 0 aliphatic heterocycles. The number of fused-ring (bicyclic) bond motifs is 1. The number of imidazole rings is 1. The summed E-state index contributed by atoms with van der Waals surface area (Å²) in [5, 5.41) is 0. The van der Waals surface area contributed by atoms with E-state index in [0.29, 0.717) is 0 Å². The molecule has 0 saturated carbocycles. The molecule has 0 bridgehead atoms. The van der Waals surface area contributed by atoms with Crippen LogP contribution < -0.4 is 0 Å². The van der Waals surface area contributed by atoms with E-state index in [1.807, 2.05) is 23.9 Å². The Morgan fingerprint density at radius 1 is 0.880 bits per heavy atom. The molecular formula is C22H20N2S. The first-order valence-electron chi connectivity index (χ1n) is 8.52. The SMILES string of the molecule is CCc1cccc(-n2c(-c3ccccc3)nc3ccccc32)c1SC. The van der Waals surface area contributed by atoms with E-state index in [4.69, 9.17) is 4.98 Å². The maximum atomic E-state index is 4.94. The molecule has 0 amide bonds. The molecule has 25 heavy (non-hydrogen) atoms. The summed E-state index contributed by atoms with van der Waals surface area (Å²) in [6, 6.07) is 25.4. The fourth-order valence-electron chi connectivity index (χ4n) is 3.31. The molecule has 0 atom stereocenters. The minimum atomic E-state index is 0.991. The second-order valence-electron chi connectivity index (χ2n) is 5.95. The zero-order valence-electron chi connectivity index (χ0n) is 14.4. The van der Waals surface area contributed by atoms with Gasteiger partial charge in [0.25, 0.3) is 0 Å². The van der Waals surface area contributed by atoms with Gasteiger partial charge in [0.15, 0.2) is 0 Å². The van der Waals surface area contributed by atoms with Gasteiger partial charge < -0.3 is 0 Å². The van der Waals surface area contributed by atoms with E-state index >= 15 is 0 Å². The van der Waals surface area contributed by atoms with Gasteiger partial charge in [0.1, 0.15) is 5.82 Å². The fourth-order valence-corrected chi connectivity index (χ4v) is 4.16. The van der Waals surface area contributed by atoms with Crippen molar-refractivity contribution in [3.8, 4) is 17.1 Å². The lowest BCUT2D eigenvalue weighted by Gasteiger charge is -2.16. The van der Waals surface area contributed by atoms with E-state index in [-0.39, 0.29) is 0 Å². The van der Waals surface area contributed by atoms with Gasteiger partial charge in [-0.2, -0.15) is 0 Å². The lowest BCUT2D eigenvalue weighted by molar-refractivity contribution is 1.01. The number of rotatable bonds is 4. The number of hydrogen-bond acceptors (Lipinski definition) is 2. The largest absolute Gasteiger partial charge is 0.291 e. The second-order valence-corrected chi connectivity index (χ2v) is 6.77. The van der Waals surface area contributed by atoms with Crippen LogP contribution >= 0.6 is 11.8 Å². The smallest absolute Gasteiger partial charge is 0.145 e. The number of aryl methyl sites for hydroxylation is 1. The summed E-state index contributed by atoms with van der Waals surface area (Å²) in [6.45, 7) is 2.21. The summed E-state index contributed by atoms with van der Waals surface area (Å²) in [6.07, 6.45) is 3.18. The van der Waals surface area contributed by atoms with Gasteiger partial charge in [0.05, 0.1) is 16.7 Å². The van der Waals surface area contributed by atoms with Crippen molar-refractivity contribution in [3.05, 3.63) is 78.4 Å². The third-order valence-electron chi connectivity index (χ3n) is 4.49. The summed E-state index contributed by atoms with van der Waals surface area (Å²) in [7, 11) is 0. The molecule has 0 N–H and O–H groups in total. The molecule has 0 spiro atoms. The average Bonchev–Trinajstić information content (AvgIpc) is 3.07. The maximum absolute atomic E-state index is 4.94. The number of thioether (sulfide) groups is 1. The first-order valence-corrected chi connectivity index (χ1v) is 9.75. The highest BCUT2D eigenvalue weighted by Gasteiger charge is 2.17. The highest BCUT2D eigenvalue weighted by molar-refractivity contribution is 7.98. The van der Waals surface area contributed by atoms with Crippen molar-refractivity contribution in [2.24, 2.45) is 0 Å². The predicted octanol–water partition coefficient (Wildman–Crippen LogP) is 5.98. The van der Waals surface area contributed by atoms with Crippen LogP contribution in [0.4, 0.5) is 0 Å². The van der Waals surface area contributed by atoms with E-state index in [9.17, 15) is 0 Å². The van der Waals surface area contributed by atoms with Crippen molar-refractivity contribution in [1.29, 1.82) is 0 Å². The molecule has 0 saturated heterocycles. The van der Waals surface area contributed by atoms with Crippen LogP contribution in [0.15, 0.2) is 77.7 Å². The molecule has 4 aromatic rings. The first-order chi connectivity index (χ1) is 12.3. The van der Waals surface area contributed by atoms with Crippen LogP contribution in [-0.4, -0.2) is 15.8 Å². The first kappa shape index (κ1) is 16.0. The van der Waals surface area contributed by atoms with Crippen molar-refractivity contribution in [2.45, 2.75) is 18.2 Å². The van der Waals surface area contributed by atoms with Gasteiger partial charge in [-0.15, -0.1) is 11.8 Å². The third kappa shape index (κ3) is 2.75.